The van der Waals surface area contributed by atoms with E-state index in [9.17, 15) is 8.78 Å². The summed E-state index contributed by atoms with van der Waals surface area (Å²) in [5, 5.41) is 9.60. The molecule has 1 aromatic heterocycles. The summed E-state index contributed by atoms with van der Waals surface area (Å²) in [6.07, 6.45) is 1.71. The van der Waals surface area contributed by atoms with Crippen LogP contribution in [0.3, 0.4) is 0 Å². The van der Waals surface area contributed by atoms with Crippen LogP contribution in [0, 0.1) is 0 Å². The molecule has 0 amide bonds. The lowest BCUT2D eigenvalue weighted by atomic mass is 10.2. The number of hydrogen-bond acceptors (Lipinski definition) is 5. The van der Waals surface area contributed by atoms with Crippen molar-refractivity contribution < 1.29 is 18.3 Å². The van der Waals surface area contributed by atoms with E-state index in [1.807, 2.05) is 6.92 Å². The van der Waals surface area contributed by atoms with Gasteiger partial charge in [-0.3, -0.25) is 0 Å². The van der Waals surface area contributed by atoms with Gasteiger partial charge in [0.25, 0.3) is 0 Å². The van der Waals surface area contributed by atoms with Gasteiger partial charge in [0.1, 0.15) is 0 Å². The number of rotatable bonds is 11. The van der Waals surface area contributed by atoms with Gasteiger partial charge in [0.2, 0.25) is 0 Å². The summed E-state index contributed by atoms with van der Waals surface area (Å²) < 4.78 is 35.8. The van der Waals surface area contributed by atoms with Crippen LogP contribution in [0.1, 0.15) is 37.0 Å². The van der Waals surface area contributed by atoms with Crippen LogP contribution >= 0.6 is 35.3 Å². The van der Waals surface area contributed by atoms with Crippen molar-refractivity contribution in [1.82, 2.24) is 15.6 Å². The Kier molecular flexibility index (Phi) is 12.6. The number of nitrogens with zero attached hydrogens (tertiary/aromatic N) is 2. The van der Waals surface area contributed by atoms with Crippen molar-refractivity contribution in [3.05, 3.63) is 39.8 Å². The first kappa shape index (κ1) is 26.3. The molecule has 0 aliphatic carbocycles. The molecular weight excluding hydrogens is 525 g/mol. The van der Waals surface area contributed by atoms with Crippen molar-refractivity contribution in [3.63, 3.8) is 0 Å². The highest BCUT2D eigenvalue weighted by Gasteiger charge is 2.15. The molecule has 0 radical (unpaired) electrons. The maximum Gasteiger partial charge on any atom is 0.387 e. The summed E-state index contributed by atoms with van der Waals surface area (Å²) >= 11 is 1.67. The number of benzene rings is 1. The first-order valence-electron chi connectivity index (χ1n) is 9.72. The minimum absolute atomic E-state index is 0. The molecule has 0 aliphatic heterocycles. The van der Waals surface area contributed by atoms with Crippen LogP contribution in [0.4, 0.5) is 8.78 Å². The third-order valence-electron chi connectivity index (χ3n) is 3.89. The molecule has 0 saturated carbocycles. The molecular formula is C20H29F2IN4O2S. The van der Waals surface area contributed by atoms with E-state index in [4.69, 9.17) is 9.47 Å². The first-order valence-corrected chi connectivity index (χ1v) is 10.6. The lowest BCUT2D eigenvalue weighted by molar-refractivity contribution is -0.0520. The lowest BCUT2D eigenvalue weighted by Crippen LogP contribution is -2.38. The summed E-state index contributed by atoms with van der Waals surface area (Å²) in [4.78, 5) is 9.05. The Morgan fingerprint density at radius 3 is 2.67 bits per heavy atom. The molecule has 0 fully saturated rings. The normalized spacial score (nSPS) is 11.2. The topological polar surface area (TPSA) is 67.8 Å². The summed E-state index contributed by atoms with van der Waals surface area (Å²) in [5.74, 6) is 0.912. The van der Waals surface area contributed by atoms with Crippen LogP contribution in [0.15, 0.2) is 28.6 Å². The van der Waals surface area contributed by atoms with Gasteiger partial charge in [-0.05, 0) is 26.3 Å². The largest absolute Gasteiger partial charge is 0.490 e. The number of aliphatic imine (C=N–C) groups is 1. The third kappa shape index (κ3) is 8.58. The highest BCUT2D eigenvalue weighted by atomic mass is 127. The highest BCUT2D eigenvalue weighted by molar-refractivity contribution is 14.0. The monoisotopic (exact) mass is 554 g/mol. The first-order chi connectivity index (χ1) is 14.1. The Labute approximate surface area is 197 Å². The Balaban J connectivity index is 0.00000450. The van der Waals surface area contributed by atoms with Crippen LogP contribution < -0.4 is 20.1 Å². The molecule has 1 heterocycles. The molecule has 0 bridgehead atoms. The lowest BCUT2D eigenvalue weighted by Gasteiger charge is -2.15. The van der Waals surface area contributed by atoms with Crippen molar-refractivity contribution in [2.75, 3.05) is 19.7 Å². The second kappa shape index (κ2) is 14.3. The van der Waals surface area contributed by atoms with E-state index >= 15 is 0 Å². The average Bonchev–Trinajstić information content (AvgIpc) is 3.16. The predicted octanol–water partition coefficient (Wildman–Crippen LogP) is 4.62. The quantitative estimate of drug-likeness (QED) is 0.241. The number of nitrogens with one attached hydrogen (secondary N) is 2. The zero-order valence-corrected chi connectivity index (χ0v) is 20.6. The second-order valence-electron chi connectivity index (χ2n) is 6.01. The maximum atomic E-state index is 12.9. The van der Waals surface area contributed by atoms with Gasteiger partial charge in [0, 0.05) is 30.5 Å². The van der Waals surface area contributed by atoms with Gasteiger partial charge in [-0.1, -0.05) is 19.1 Å². The van der Waals surface area contributed by atoms with Gasteiger partial charge in [-0.25, -0.2) is 9.98 Å². The van der Waals surface area contributed by atoms with E-state index in [0.29, 0.717) is 31.2 Å². The summed E-state index contributed by atoms with van der Waals surface area (Å²) in [6, 6.07) is 5.05. The van der Waals surface area contributed by atoms with E-state index in [0.717, 1.165) is 23.5 Å². The molecule has 1 aromatic carbocycles. The number of aromatic nitrogens is 1. The summed E-state index contributed by atoms with van der Waals surface area (Å²) in [6.45, 7) is 4.78. The van der Waals surface area contributed by atoms with Crippen LogP contribution in [-0.2, 0) is 19.4 Å². The summed E-state index contributed by atoms with van der Waals surface area (Å²) in [7, 11) is 0. The van der Waals surface area contributed by atoms with E-state index in [-0.39, 0.29) is 42.0 Å². The number of aryl methyl sites for hydroxylation is 1. The maximum absolute atomic E-state index is 12.9. The van der Waals surface area contributed by atoms with Gasteiger partial charge >= 0.3 is 6.61 Å². The number of alkyl halides is 2. The number of halogens is 3. The number of hydrogen-bond donors (Lipinski definition) is 2. The number of thiazole rings is 1. The number of ether oxygens (including phenoxy) is 2. The highest BCUT2D eigenvalue weighted by Crippen LogP contribution is 2.33. The van der Waals surface area contributed by atoms with Crippen molar-refractivity contribution in [2.45, 2.75) is 46.8 Å². The standard InChI is InChI=1S/C20H28F2N4O2S.HI/c1-4-17-26-15(13-29-17)10-11-24-20(23-5-2)25-12-14-8-7-9-16(27-6-3)18(14)28-19(21)22;/h7-9,13,19H,4-6,10-12H2,1-3H3,(H2,23,24,25);1H. The fraction of sp³-hybridized carbons (Fsp3) is 0.500. The smallest absolute Gasteiger partial charge is 0.387 e. The van der Waals surface area contributed by atoms with Gasteiger partial charge in [0.05, 0.1) is 23.9 Å². The molecule has 0 unspecified atom stereocenters. The SMILES string of the molecule is CCNC(=NCc1cccc(OCC)c1OC(F)F)NCCc1csc(CC)n1.I. The molecule has 10 heteroatoms. The van der Waals surface area contributed by atoms with Crippen molar-refractivity contribution in [3.8, 4) is 11.5 Å². The Morgan fingerprint density at radius 1 is 1.23 bits per heavy atom. The molecule has 0 spiro atoms. The van der Waals surface area contributed by atoms with Crippen molar-refractivity contribution in [1.29, 1.82) is 0 Å². The van der Waals surface area contributed by atoms with Gasteiger partial charge in [-0.15, -0.1) is 35.3 Å². The molecule has 30 heavy (non-hydrogen) atoms. The Hall–Kier alpha value is -1.69. The van der Waals surface area contributed by atoms with Gasteiger partial charge in [-0.2, -0.15) is 8.78 Å². The Morgan fingerprint density at radius 2 is 2.03 bits per heavy atom. The molecule has 2 aromatic rings. The van der Waals surface area contributed by atoms with Gasteiger partial charge in [0.15, 0.2) is 17.5 Å². The molecule has 2 rings (SSSR count). The van der Waals surface area contributed by atoms with Crippen molar-refractivity contribution >= 4 is 41.3 Å². The van der Waals surface area contributed by atoms with Crippen molar-refractivity contribution in [2.24, 2.45) is 4.99 Å². The minimum Gasteiger partial charge on any atom is -0.490 e. The Bertz CT molecular complexity index is 790. The number of guanidine groups is 1. The van der Waals surface area contributed by atoms with E-state index < -0.39 is 6.61 Å². The van der Waals surface area contributed by atoms with Crippen LogP contribution in [0.25, 0.3) is 0 Å². The predicted molar refractivity (Wildman–Crippen MR) is 128 cm³/mol. The van der Waals surface area contributed by atoms with Gasteiger partial charge < -0.3 is 20.1 Å². The molecule has 168 valence electrons. The summed E-state index contributed by atoms with van der Waals surface area (Å²) in [5.41, 5.74) is 1.58. The average molecular weight is 554 g/mol. The van der Waals surface area contributed by atoms with Crippen LogP contribution in [0.2, 0.25) is 0 Å². The van der Waals surface area contributed by atoms with Crippen LogP contribution in [0.5, 0.6) is 11.5 Å². The third-order valence-corrected chi connectivity index (χ3v) is 4.94. The van der Waals surface area contributed by atoms with Crippen LogP contribution in [-0.4, -0.2) is 37.3 Å². The molecule has 0 aliphatic rings. The van der Waals surface area contributed by atoms with E-state index in [1.54, 1.807) is 36.5 Å². The molecule has 0 saturated heterocycles. The molecule has 0 atom stereocenters. The molecule has 2 N–H and O–H groups in total. The zero-order valence-electron chi connectivity index (χ0n) is 17.4. The number of para-hydroxylation sites is 1. The van der Waals surface area contributed by atoms with E-state index in [2.05, 4.69) is 32.9 Å². The minimum atomic E-state index is -2.93. The second-order valence-corrected chi connectivity index (χ2v) is 6.96. The fourth-order valence-corrected chi connectivity index (χ4v) is 3.40. The molecule has 6 nitrogen and oxygen atoms in total. The fourth-order valence-electron chi connectivity index (χ4n) is 2.62. The zero-order chi connectivity index (χ0) is 21.1. The van der Waals surface area contributed by atoms with E-state index in [1.165, 1.54) is 0 Å².